The van der Waals surface area contributed by atoms with Crippen LogP contribution >= 0.6 is 24.0 Å². The predicted octanol–water partition coefficient (Wildman–Crippen LogP) is 3.37. The molecule has 0 saturated heterocycles. The molecule has 0 amide bonds. The summed E-state index contributed by atoms with van der Waals surface area (Å²) in [6, 6.07) is 8.11. The molecule has 0 atom stereocenters. The van der Waals surface area contributed by atoms with Gasteiger partial charge in [-0.3, -0.25) is 0 Å². The minimum atomic E-state index is 0.685. The van der Waals surface area contributed by atoms with E-state index in [-0.39, 0.29) is 0 Å². The van der Waals surface area contributed by atoms with Gasteiger partial charge < -0.3 is 0 Å². The zero-order chi connectivity index (χ0) is 9.42. The number of fused-ring (bicyclic) bond motifs is 1. The van der Waals surface area contributed by atoms with Gasteiger partial charge in [-0.25, -0.2) is 0 Å². The zero-order valence-corrected chi connectivity index (χ0v) is 8.75. The summed E-state index contributed by atoms with van der Waals surface area (Å²) in [5.41, 5.74) is 0.685. The van der Waals surface area contributed by atoms with E-state index >= 15 is 0 Å². The first-order valence-corrected chi connectivity index (χ1v) is 5.11. The molecule has 0 unspecified atom stereocenters. The summed E-state index contributed by atoms with van der Waals surface area (Å²) in [5.74, 6) is 0. The molecule has 1 aromatic carbocycles. The number of thiol groups is 1. The van der Waals surface area contributed by atoms with Crippen LogP contribution in [0.4, 0.5) is 0 Å². The first-order valence-electron chi connectivity index (χ1n) is 3.84. The number of aryl methyl sites for hydroxylation is 1. The second kappa shape index (κ2) is 3.06. The van der Waals surface area contributed by atoms with Crippen LogP contribution in [0.25, 0.3) is 10.1 Å². The largest absolute Gasteiger partial charge is 0.192 e. The minimum Gasteiger partial charge on any atom is -0.192 e. The first kappa shape index (κ1) is 8.61. The average Bonchev–Trinajstić information content (AvgIpc) is 2.45. The monoisotopic (exact) mass is 205 g/mol. The van der Waals surface area contributed by atoms with E-state index in [1.165, 1.54) is 4.88 Å². The molecule has 13 heavy (non-hydrogen) atoms. The third-order valence-corrected chi connectivity index (χ3v) is 3.30. The number of benzene rings is 1. The fraction of sp³-hybridized carbons (Fsp3) is 0.100. The lowest BCUT2D eigenvalue weighted by Crippen LogP contribution is -1.77. The Kier molecular flexibility index (Phi) is 2.03. The fourth-order valence-corrected chi connectivity index (χ4v) is 2.52. The molecule has 2 aromatic rings. The van der Waals surface area contributed by atoms with Crippen LogP contribution in [0.15, 0.2) is 23.1 Å². The Hall–Kier alpha value is -0.980. The van der Waals surface area contributed by atoms with Crippen LogP contribution in [0.3, 0.4) is 0 Å². The second-order valence-corrected chi connectivity index (χ2v) is 4.61. The van der Waals surface area contributed by atoms with Gasteiger partial charge in [0, 0.05) is 19.9 Å². The van der Waals surface area contributed by atoms with E-state index in [0.717, 1.165) is 15.0 Å². The molecule has 0 aliphatic carbocycles. The average molecular weight is 205 g/mol. The molecule has 0 aliphatic heterocycles. The van der Waals surface area contributed by atoms with Gasteiger partial charge in [0.15, 0.2) is 0 Å². The summed E-state index contributed by atoms with van der Waals surface area (Å²) in [6.07, 6.45) is 0. The van der Waals surface area contributed by atoms with Crippen LogP contribution in [0, 0.1) is 18.3 Å². The van der Waals surface area contributed by atoms with Crippen molar-refractivity contribution in [3.63, 3.8) is 0 Å². The molecule has 0 aliphatic rings. The van der Waals surface area contributed by atoms with Crippen molar-refractivity contribution in [3.05, 3.63) is 28.6 Å². The van der Waals surface area contributed by atoms with Crippen LogP contribution in [-0.4, -0.2) is 0 Å². The summed E-state index contributed by atoms with van der Waals surface area (Å²) < 4.78 is 1.16. The Morgan fingerprint density at radius 2 is 2.23 bits per heavy atom. The summed E-state index contributed by atoms with van der Waals surface area (Å²) in [6.45, 7) is 2.05. The Bertz CT molecular complexity index is 505. The molecule has 1 aromatic heterocycles. The van der Waals surface area contributed by atoms with Gasteiger partial charge in [-0.2, -0.15) is 5.26 Å². The molecule has 0 bridgehead atoms. The molecule has 0 saturated carbocycles. The number of nitriles is 1. The number of nitrogens with zero attached hydrogens (tertiary/aromatic N) is 1. The molecular formula is C10H7NS2. The third kappa shape index (κ3) is 1.32. The fourth-order valence-electron chi connectivity index (χ4n) is 1.34. The normalized spacial score (nSPS) is 10.2. The van der Waals surface area contributed by atoms with Gasteiger partial charge >= 0.3 is 0 Å². The lowest BCUT2D eigenvalue weighted by atomic mass is 10.1. The molecule has 1 heterocycles. The lowest BCUT2D eigenvalue weighted by molar-refractivity contribution is 1.42. The first-order chi connectivity index (χ1) is 6.22. The summed E-state index contributed by atoms with van der Waals surface area (Å²) in [4.78, 5) is 1.98. The molecular weight excluding hydrogens is 198 g/mol. The van der Waals surface area contributed by atoms with Crippen LogP contribution in [0.2, 0.25) is 0 Å². The van der Waals surface area contributed by atoms with Gasteiger partial charge in [0.1, 0.15) is 6.07 Å². The van der Waals surface area contributed by atoms with Gasteiger partial charge in [-0.15, -0.1) is 24.0 Å². The van der Waals surface area contributed by atoms with Gasteiger partial charge in [0.25, 0.3) is 0 Å². The van der Waals surface area contributed by atoms with E-state index in [9.17, 15) is 0 Å². The van der Waals surface area contributed by atoms with E-state index in [0.29, 0.717) is 5.56 Å². The van der Waals surface area contributed by atoms with E-state index in [4.69, 9.17) is 5.26 Å². The molecule has 0 radical (unpaired) electrons. The highest BCUT2D eigenvalue weighted by atomic mass is 32.1. The van der Waals surface area contributed by atoms with Gasteiger partial charge in [-0.05, 0) is 25.1 Å². The Labute approximate surface area is 86.0 Å². The van der Waals surface area contributed by atoms with Crippen LogP contribution in [0.5, 0.6) is 0 Å². The summed E-state index contributed by atoms with van der Waals surface area (Å²) in [7, 11) is 0. The lowest BCUT2D eigenvalue weighted by Gasteiger charge is -1.96. The molecule has 2 rings (SSSR count). The molecule has 1 nitrogen and oxygen atoms in total. The zero-order valence-electron chi connectivity index (χ0n) is 7.03. The summed E-state index contributed by atoms with van der Waals surface area (Å²) >= 11 is 5.95. The predicted molar refractivity (Wildman–Crippen MR) is 58.5 cm³/mol. The Morgan fingerprint density at radius 1 is 1.46 bits per heavy atom. The highest BCUT2D eigenvalue weighted by Crippen LogP contribution is 2.30. The van der Waals surface area contributed by atoms with Gasteiger partial charge in [0.2, 0.25) is 0 Å². The van der Waals surface area contributed by atoms with E-state index in [1.807, 2.05) is 25.1 Å². The SMILES string of the molecule is Cc1cc2c(C#N)c(S)ccc2s1. The standard InChI is InChI=1S/C10H7NS2/c1-6-4-7-8(5-11)9(12)2-3-10(7)13-6/h2-4,12H,1H3. The molecule has 64 valence electrons. The van der Waals surface area contributed by atoms with Gasteiger partial charge in [0.05, 0.1) is 5.56 Å². The number of hydrogen-bond acceptors (Lipinski definition) is 3. The smallest absolute Gasteiger partial charge is 0.101 e. The highest BCUT2D eigenvalue weighted by molar-refractivity contribution is 7.80. The van der Waals surface area contributed by atoms with Crippen LogP contribution in [-0.2, 0) is 0 Å². The van der Waals surface area contributed by atoms with Crippen molar-refractivity contribution in [2.24, 2.45) is 0 Å². The number of hydrogen-bond donors (Lipinski definition) is 1. The maximum atomic E-state index is 8.93. The maximum Gasteiger partial charge on any atom is 0.101 e. The van der Waals surface area contributed by atoms with E-state index in [2.05, 4.69) is 18.7 Å². The van der Waals surface area contributed by atoms with Gasteiger partial charge in [-0.1, -0.05) is 0 Å². The molecule has 3 heteroatoms. The second-order valence-electron chi connectivity index (χ2n) is 2.84. The van der Waals surface area contributed by atoms with Crippen LogP contribution in [0.1, 0.15) is 10.4 Å². The maximum absolute atomic E-state index is 8.93. The quantitative estimate of drug-likeness (QED) is 0.655. The minimum absolute atomic E-state index is 0.685. The molecule has 0 fully saturated rings. The van der Waals surface area contributed by atoms with Crippen molar-refractivity contribution in [2.75, 3.05) is 0 Å². The molecule has 0 N–H and O–H groups in total. The van der Waals surface area contributed by atoms with Crippen molar-refractivity contribution < 1.29 is 0 Å². The Balaban J connectivity index is 2.93. The van der Waals surface area contributed by atoms with Crippen molar-refractivity contribution in [1.82, 2.24) is 0 Å². The number of rotatable bonds is 0. The highest BCUT2D eigenvalue weighted by Gasteiger charge is 2.06. The topological polar surface area (TPSA) is 23.8 Å². The van der Waals surface area contributed by atoms with Crippen molar-refractivity contribution in [3.8, 4) is 6.07 Å². The van der Waals surface area contributed by atoms with E-state index in [1.54, 1.807) is 11.3 Å². The van der Waals surface area contributed by atoms with Crippen molar-refractivity contribution in [2.45, 2.75) is 11.8 Å². The summed E-state index contributed by atoms with van der Waals surface area (Å²) in [5, 5.41) is 9.96. The number of thiophene rings is 1. The third-order valence-electron chi connectivity index (χ3n) is 1.91. The van der Waals surface area contributed by atoms with Crippen molar-refractivity contribution in [1.29, 1.82) is 5.26 Å². The van der Waals surface area contributed by atoms with E-state index < -0.39 is 0 Å². The van der Waals surface area contributed by atoms with Crippen LogP contribution < -0.4 is 0 Å². The Morgan fingerprint density at radius 3 is 2.92 bits per heavy atom. The van der Waals surface area contributed by atoms with Crippen molar-refractivity contribution >= 4 is 34.1 Å². The molecule has 0 spiro atoms.